The molecule has 1 aliphatic carbocycles. The zero-order valence-electron chi connectivity index (χ0n) is 28.6. The van der Waals surface area contributed by atoms with Crippen LogP contribution >= 0.6 is 11.6 Å². The van der Waals surface area contributed by atoms with Gasteiger partial charge in [-0.2, -0.15) is 5.26 Å². The molecule has 2 aliphatic rings. The van der Waals surface area contributed by atoms with Gasteiger partial charge in [0.1, 0.15) is 23.7 Å². The van der Waals surface area contributed by atoms with Gasteiger partial charge in [-0.15, -0.1) is 0 Å². The molecule has 3 N–H and O–H groups in total. The van der Waals surface area contributed by atoms with Gasteiger partial charge in [0, 0.05) is 54.3 Å². The number of anilines is 2. The first-order valence-corrected chi connectivity index (χ1v) is 18.6. The van der Waals surface area contributed by atoms with Crippen molar-refractivity contribution in [2.75, 3.05) is 49.4 Å². The first-order chi connectivity index (χ1) is 25.7. The topological polar surface area (TPSA) is 191 Å². The predicted molar refractivity (Wildman–Crippen MR) is 188 cm³/mol. The van der Waals surface area contributed by atoms with E-state index in [2.05, 4.69) is 15.0 Å². The van der Waals surface area contributed by atoms with Crippen LogP contribution in [-0.2, 0) is 33.9 Å². The first kappa shape index (κ1) is 40.5. The third kappa shape index (κ3) is 9.71. The zero-order valence-corrected chi connectivity index (χ0v) is 30.2. The molecule has 1 saturated carbocycles. The van der Waals surface area contributed by atoms with Crippen molar-refractivity contribution in [2.45, 2.75) is 54.6 Å². The Balaban J connectivity index is 1.57. The second-order valence-corrected chi connectivity index (χ2v) is 14.6. The molecule has 2 fully saturated rings. The standard InChI is InChI=1S/C35H36ClF3N6O8S/c36-28-4-2-1-3-27(28)32(33(48)43-24-19-35(38,39)20-24)44(34(49)29-5-6-31(47)45(29)30-15-22(21-40)7-8-41-30)25-16-23(37)17-26(18-25)54(50,51)42-9-11-52-13-14-53-12-10-46/h1-4,7-8,15-18,24,29,32,42,46H,5-6,9-14,19-20H2,(H,43,48)/t29-,32?/m0/s1. The van der Waals surface area contributed by atoms with Crippen molar-refractivity contribution in [3.63, 3.8) is 0 Å². The van der Waals surface area contributed by atoms with E-state index in [9.17, 15) is 36.8 Å². The Kier molecular flexibility index (Phi) is 13.3. The number of rotatable bonds is 17. The number of nitrogens with one attached hydrogen (secondary N) is 2. The number of nitriles is 1. The van der Waals surface area contributed by atoms with E-state index < -0.39 is 81.0 Å². The van der Waals surface area contributed by atoms with E-state index in [-0.39, 0.29) is 74.4 Å². The van der Waals surface area contributed by atoms with Gasteiger partial charge in [0.2, 0.25) is 21.8 Å². The molecule has 14 nitrogen and oxygen atoms in total. The maximum Gasteiger partial charge on any atom is 0.252 e. The van der Waals surface area contributed by atoms with Gasteiger partial charge in [-0.1, -0.05) is 29.8 Å². The molecule has 0 spiro atoms. The molecule has 2 aromatic carbocycles. The van der Waals surface area contributed by atoms with Crippen LogP contribution in [0, 0.1) is 17.1 Å². The fourth-order valence-electron chi connectivity index (χ4n) is 6.09. The SMILES string of the molecule is N#Cc1ccnc(N2C(=O)CC[C@H]2C(=O)N(c2cc(F)cc(S(=O)(=O)NCCOCCOCCO)c2)C(C(=O)NC2CC(F)(F)C2)c2ccccc2Cl)c1. The van der Waals surface area contributed by atoms with Crippen LogP contribution in [0.4, 0.5) is 24.7 Å². The second-order valence-electron chi connectivity index (χ2n) is 12.4. The summed E-state index contributed by atoms with van der Waals surface area (Å²) in [5.74, 6) is -6.73. The van der Waals surface area contributed by atoms with Crippen molar-refractivity contribution in [1.82, 2.24) is 15.0 Å². The van der Waals surface area contributed by atoms with Crippen LogP contribution in [0.25, 0.3) is 0 Å². The molecule has 1 aromatic heterocycles. The number of hydrogen-bond acceptors (Lipinski definition) is 10. The molecule has 1 unspecified atom stereocenters. The highest BCUT2D eigenvalue weighted by Gasteiger charge is 2.49. The van der Waals surface area contributed by atoms with Crippen LogP contribution in [0.5, 0.6) is 0 Å². The predicted octanol–water partition coefficient (Wildman–Crippen LogP) is 3.23. The summed E-state index contributed by atoms with van der Waals surface area (Å²) in [6.45, 7) is -0.168. The molecule has 2 heterocycles. The van der Waals surface area contributed by atoms with E-state index in [1.54, 1.807) is 0 Å². The highest BCUT2D eigenvalue weighted by molar-refractivity contribution is 7.89. The summed E-state index contributed by atoms with van der Waals surface area (Å²) in [5, 5.41) is 20.7. The van der Waals surface area contributed by atoms with Crippen LogP contribution in [-0.4, -0.2) is 93.8 Å². The van der Waals surface area contributed by atoms with Gasteiger partial charge in [0.05, 0.1) is 49.6 Å². The lowest BCUT2D eigenvalue weighted by atomic mass is 9.87. The van der Waals surface area contributed by atoms with E-state index in [4.69, 9.17) is 26.2 Å². The number of amides is 3. The average Bonchev–Trinajstić information content (AvgIpc) is 3.51. The Bertz CT molecular complexity index is 2010. The van der Waals surface area contributed by atoms with Crippen molar-refractivity contribution < 1.29 is 50.6 Å². The number of pyridine rings is 1. The third-order valence-electron chi connectivity index (χ3n) is 8.59. The van der Waals surface area contributed by atoms with Gasteiger partial charge in [0.15, 0.2) is 0 Å². The highest BCUT2D eigenvalue weighted by atomic mass is 35.5. The maximum absolute atomic E-state index is 15.5. The summed E-state index contributed by atoms with van der Waals surface area (Å²) in [5.41, 5.74) is -0.320. The number of carbonyl (C=O) groups is 3. The lowest BCUT2D eigenvalue weighted by molar-refractivity contribution is -0.133. The Morgan fingerprint density at radius 2 is 1.83 bits per heavy atom. The van der Waals surface area contributed by atoms with E-state index >= 15 is 4.39 Å². The summed E-state index contributed by atoms with van der Waals surface area (Å²) in [6.07, 6.45) is -0.376. The number of aromatic nitrogens is 1. The van der Waals surface area contributed by atoms with Crippen LogP contribution in [0.15, 0.2) is 65.7 Å². The summed E-state index contributed by atoms with van der Waals surface area (Å²) >= 11 is 6.57. The summed E-state index contributed by atoms with van der Waals surface area (Å²) in [6, 6.07) is 8.73. The van der Waals surface area contributed by atoms with Gasteiger partial charge in [-0.25, -0.2) is 31.3 Å². The molecule has 3 amide bonds. The Labute approximate surface area is 313 Å². The van der Waals surface area contributed by atoms with E-state index in [0.29, 0.717) is 6.07 Å². The van der Waals surface area contributed by atoms with Gasteiger partial charge >= 0.3 is 0 Å². The molecule has 288 valence electrons. The van der Waals surface area contributed by atoms with E-state index in [1.807, 2.05) is 6.07 Å². The summed E-state index contributed by atoms with van der Waals surface area (Å²) < 4.78 is 82.8. The van der Waals surface area contributed by atoms with Crippen molar-refractivity contribution in [3.8, 4) is 6.07 Å². The van der Waals surface area contributed by atoms with Crippen LogP contribution < -0.4 is 19.8 Å². The quantitative estimate of drug-likeness (QED) is 0.171. The number of benzene rings is 2. The highest BCUT2D eigenvalue weighted by Crippen LogP contribution is 2.40. The molecule has 2 atom stereocenters. The number of hydrogen-bond donors (Lipinski definition) is 3. The Morgan fingerprint density at radius 1 is 1.11 bits per heavy atom. The normalized spacial score (nSPS) is 17.4. The van der Waals surface area contributed by atoms with E-state index in [1.165, 1.54) is 42.6 Å². The number of alkyl halides is 2. The number of aliphatic hydroxyl groups is 1. The minimum atomic E-state index is -4.49. The van der Waals surface area contributed by atoms with Crippen LogP contribution in [0.3, 0.4) is 0 Å². The number of aliphatic hydroxyl groups excluding tert-OH is 1. The number of carbonyl (C=O) groups excluding carboxylic acids is 3. The second kappa shape index (κ2) is 17.7. The summed E-state index contributed by atoms with van der Waals surface area (Å²) in [4.78, 5) is 47.7. The molecule has 54 heavy (non-hydrogen) atoms. The molecular weight excluding hydrogens is 757 g/mol. The summed E-state index contributed by atoms with van der Waals surface area (Å²) in [7, 11) is -4.49. The molecule has 19 heteroatoms. The Morgan fingerprint density at radius 3 is 2.52 bits per heavy atom. The monoisotopic (exact) mass is 792 g/mol. The minimum absolute atomic E-state index is 0.0107. The van der Waals surface area contributed by atoms with Gasteiger partial charge in [0.25, 0.3) is 11.8 Å². The number of sulfonamides is 1. The minimum Gasteiger partial charge on any atom is -0.394 e. The first-order valence-electron chi connectivity index (χ1n) is 16.7. The van der Waals surface area contributed by atoms with Gasteiger partial charge < -0.3 is 19.9 Å². The van der Waals surface area contributed by atoms with Crippen LogP contribution in [0.2, 0.25) is 5.02 Å². The average molecular weight is 793 g/mol. The van der Waals surface area contributed by atoms with E-state index in [0.717, 1.165) is 21.9 Å². The number of halogens is 4. The largest absolute Gasteiger partial charge is 0.394 e. The third-order valence-corrected chi connectivity index (χ3v) is 10.4. The van der Waals surface area contributed by atoms with Crippen molar-refractivity contribution >= 4 is 50.9 Å². The van der Waals surface area contributed by atoms with Crippen molar-refractivity contribution in [2.24, 2.45) is 0 Å². The zero-order chi connectivity index (χ0) is 39.0. The van der Waals surface area contributed by atoms with Gasteiger partial charge in [-0.05, 0) is 42.8 Å². The lowest BCUT2D eigenvalue weighted by Crippen LogP contribution is -2.56. The van der Waals surface area contributed by atoms with Crippen LogP contribution in [0.1, 0.15) is 42.9 Å². The molecule has 3 aromatic rings. The number of nitrogens with zero attached hydrogens (tertiary/aromatic N) is 4. The molecule has 1 aliphatic heterocycles. The molecule has 5 rings (SSSR count). The molecule has 0 radical (unpaired) electrons. The van der Waals surface area contributed by atoms with Gasteiger partial charge in [-0.3, -0.25) is 24.2 Å². The molecule has 1 saturated heterocycles. The molecular formula is C35H36ClF3N6O8S. The fraction of sp³-hybridized carbons (Fsp3) is 0.400. The van der Waals surface area contributed by atoms with Crippen molar-refractivity contribution in [1.29, 1.82) is 5.26 Å². The molecule has 0 bridgehead atoms. The smallest absolute Gasteiger partial charge is 0.252 e. The lowest BCUT2D eigenvalue weighted by Gasteiger charge is -2.39. The Hall–Kier alpha value is -4.64. The van der Waals surface area contributed by atoms with Crippen molar-refractivity contribution in [3.05, 3.63) is 82.8 Å². The number of ether oxygens (including phenoxy) is 2. The fourth-order valence-corrected chi connectivity index (χ4v) is 7.39. The maximum atomic E-state index is 15.5.